The SMILES string of the molecule is CC(O)C(NC(=O)C(CCC(N)=O)NC(=O)CN)C(=O)NC(CS)C(=O)O. The van der Waals surface area contributed by atoms with E-state index in [9.17, 15) is 29.1 Å². The van der Waals surface area contributed by atoms with Crippen LogP contribution in [0.3, 0.4) is 0 Å². The molecule has 0 aliphatic rings. The van der Waals surface area contributed by atoms with E-state index in [1.54, 1.807) is 0 Å². The molecule has 0 fully saturated rings. The van der Waals surface area contributed by atoms with E-state index >= 15 is 0 Å². The van der Waals surface area contributed by atoms with Gasteiger partial charge in [-0.3, -0.25) is 19.2 Å². The van der Waals surface area contributed by atoms with E-state index < -0.39 is 60.4 Å². The molecule has 0 spiro atoms. The summed E-state index contributed by atoms with van der Waals surface area (Å²) in [6, 6.07) is -4.07. The first kappa shape index (κ1) is 24.6. The van der Waals surface area contributed by atoms with Gasteiger partial charge in [0.2, 0.25) is 23.6 Å². The molecule has 4 atom stereocenters. The number of aliphatic hydroxyl groups is 1. The fourth-order valence-electron chi connectivity index (χ4n) is 1.91. The quantitative estimate of drug-likeness (QED) is 0.149. The predicted octanol–water partition coefficient (Wildman–Crippen LogP) is -3.94. The van der Waals surface area contributed by atoms with Crippen molar-refractivity contribution < 1.29 is 34.2 Å². The van der Waals surface area contributed by atoms with Crippen molar-refractivity contribution in [2.45, 2.75) is 44.0 Å². The summed E-state index contributed by atoms with van der Waals surface area (Å²) in [5.74, 6) is -4.79. The molecule has 12 nitrogen and oxygen atoms in total. The third-order valence-electron chi connectivity index (χ3n) is 3.38. The van der Waals surface area contributed by atoms with Gasteiger partial charge >= 0.3 is 5.97 Å². The van der Waals surface area contributed by atoms with Crippen molar-refractivity contribution in [1.82, 2.24) is 16.0 Å². The number of amides is 4. The number of nitrogens with two attached hydrogens (primary N) is 2. The first-order valence-corrected chi connectivity index (χ1v) is 8.56. The van der Waals surface area contributed by atoms with E-state index in [-0.39, 0.29) is 18.6 Å². The van der Waals surface area contributed by atoms with Crippen LogP contribution in [-0.4, -0.2) is 76.3 Å². The normalized spacial score (nSPS) is 15.0. The van der Waals surface area contributed by atoms with Crippen LogP contribution in [0.15, 0.2) is 0 Å². The van der Waals surface area contributed by atoms with Crippen molar-refractivity contribution in [3.05, 3.63) is 0 Å². The maximum absolute atomic E-state index is 12.4. The lowest BCUT2D eigenvalue weighted by Gasteiger charge is -2.25. The van der Waals surface area contributed by atoms with E-state index in [1.165, 1.54) is 6.92 Å². The molecule has 4 unspecified atom stereocenters. The summed E-state index contributed by atoms with van der Waals surface area (Å²) in [7, 11) is 0. The number of aliphatic hydroxyl groups excluding tert-OH is 1. The minimum Gasteiger partial charge on any atom is -0.480 e. The minimum atomic E-state index is -1.51. The Morgan fingerprint density at radius 3 is 2.04 bits per heavy atom. The third-order valence-corrected chi connectivity index (χ3v) is 3.74. The van der Waals surface area contributed by atoms with Gasteiger partial charge in [0, 0.05) is 12.2 Å². The van der Waals surface area contributed by atoms with Gasteiger partial charge in [-0.1, -0.05) is 0 Å². The first-order valence-electron chi connectivity index (χ1n) is 7.93. The summed E-state index contributed by atoms with van der Waals surface area (Å²) in [5, 5.41) is 25.3. The summed E-state index contributed by atoms with van der Waals surface area (Å²) in [6.07, 6.45) is -1.77. The predicted molar refractivity (Wildman–Crippen MR) is 96.4 cm³/mol. The second-order valence-electron chi connectivity index (χ2n) is 5.64. The molecule has 0 aromatic rings. The lowest BCUT2D eigenvalue weighted by molar-refractivity contribution is -0.142. The molecule has 0 saturated carbocycles. The molecule has 0 aromatic carbocycles. The molecule has 13 heteroatoms. The van der Waals surface area contributed by atoms with Crippen LogP contribution >= 0.6 is 12.6 Å². The van der Waals surface area contributed by atoms with Gasteiger partial charge in [-0.25, -0.2) is 4.79 Å². The number of carbonyl (C=O) groups is 5. The van der Waals surface area contributed by atoms with Crippen molar-refractivity contribution in [1.29, 1.82) is 0 Å². The Morgan fingerprint density at radius 2 is 1.63 bits per heavy atom. The molecule has 0 radical (unpaired) electrons. The minimum absolute atomic E-state index is 0.157. The number of carboxylic acid groups (broad SMARTS) is 1. The van der Waals surface area contributed by atoms with Crippen LogP contribution in [-0.2, 0) is 24.0 Å². The number of rotatable bonds is 12. The van der Waals surface area contributed by atoms with Gasteiger partial charge in [0.15, 0.2) is 0 Å². The fourth-order valence-corrected chi connectivity index (χ4v) is 2.16. The van der Waals surface area contributed by atoms with Gasteiger partial charge in [0.25, 0.3) is 0 Å². The molecule has 0 aliphatic carbocycles. The number of nitrogens with one attached hydrogen (secondary N) is 3. The molecule has 27 heavy (non-hydrogen) atoms. The molecule has 9 N–H and O–H groups in total. The lowest BCUT2D eigenvalue weighted by Crippen LogP contribution is -2.59. The van der Waals surface area contributed by atoms with Crippen molar-refractivity contribution in [2.75, 3.05) is 12.3 Å². The van der Waals surface area contributed by atoms with Crippen molar-refractivity contribution >= 4 is 42.2 Å². The van der Waals surface area contributed by atoms with Crippen molar-refractivity contribution in [3.8, 4) is 0 Å². The Labute approximate surface area is 160 Å². The van der Waals surface area contributed by atoms with Crippen LogP contribution in [0.25, 0.3) is 0 Å². The zero-order valence-electron chi connectivity index (χ0n) is 14.7. The molecule has 0 bridgehead atoms. The van der Waals surface area contributed by atoms with E-state index in [1.807, 2.05) is 0 Å². The van der Waals surface area contributed by atoms with Gasteiger partial charge in [-0.05, 0) is 13.3 Å². The highest BCUT2D eigenvalue weighted by Crippen LogP contribution is 2.02. The van der Waals surface area contributed by atoms with Crippen LogP contribution in [0.1, 0.15) is 19.8 Å². The summed E-state index contributed by atoms with van der Waals surface area (Å²) in [6.45, 7) is 0.792. The van der Waals surface area contributed by atoms with Crippen molar-refractivity contribution in [3.63, 3.8) is 0 Å². The monoisotopic (exact) mass is 407 g/mol. The van der Waals surface area contributed by atoms with E-state index in [0.717, 1.165) is 0 Å². The smallest absolute Gasteiger partial charge is 0.327 e. The fraction of sp³-hybridized carbons (Fsp3) is 0.643. The maximum Gasteiger partial charge on any atom is 0.327 e. The Bertz CT molecular complexity index is 572. The van der Waals surface area contributed by atoms with Gasteiger partial charge in [-0.15, -0.1) is 0 Å². The Kier molecular flexibility index (Phi) is 11.0. The van der Waals surface area contributed by atoms with Gasteiger partial charge in [0.1, 0.15) is 18.1 Å². The molecule has 0 rings (SSSR count). The van der Waals surface area contributed by atoms with E-state index in [0.29, 0.717) is 0 Å². The summed E-state index contributed by atoms with van der Waals surface area (Å²) in [5.41, 5.74) is 10.2. The highest BCUT2D eigenvalue weighted by Gasteiger charge is 2.31. The molecule has 0 heterocycles. The zero-order chi connectivity index (χ0) is 21.1. The Balaban J connectivity index is 5.21. The average molecular weight is 407 g/mol. The Morgan fingerprint density at radius 1 is 1.04 bits per heavy atom. The Hall–Kier alpha value is -2.38. The number of thiol groups is 1. The molecular weight excluding hydrogens is 382 g/mol. The molecule has 0 saturated heterocycles. The van der Waals surface area contributed by atoms with Gasteiger partial charge < -0.3 is 37.6 Å². The first-order chi connectivity index (χ1) is 12.5. The van der Waals surface area contributed by atoms with E-state index in [2.05, 4.69) is 28.6 Å². The third kappa shape index (κ3) is 9.21. The number of hydrogen-bond donors (Lipinski definition) is 8. The van der Waals surface area contributed by atoms with Crippen LogP contribution in [0, 0.1) is 0 Å². The largest absolute Gasteiger partial charge is 0.480 e. The summed E-state index contributed by atoms with van der Waals surface area (Å²) in [4.78, 5) is 57.9. The number of carbonyl (C=O) groups excluding carboxylic acids is 4. The van der Waals surface area contributed by atoms with Crippen LogP contribution in [0.2, 0.25) is 0 Å². The topological polar surface area (TPSA) is 214 Å². The van der Waals surface area contributed by atoms with Crippen LogP contribution in [0.5, 0.6) is 0 Å². The summed E-state index contributed by atoms with van der Waals surface area (Å²) < 4.78 is 0. The second-order valence-corrected chi connectivity index (χ2v) is 6.00. The lowest BCUT2D eigenvalue weighted by atomic mass is 10.1. The maximum atomic E-state index is 12.4. The molecule has 0 aliphatic heterocycles. The highest BCUT2D eigenvalue weighted by atomic mass is 32.1. The molecule has 0 aromatic heterocycles. The zero-order valence-corrected chi connectivity index (χ0v) is 15.6. The number of carboxylic acids is 1. The standard InChI is InChI=1S/C14H25N5O7S/c1-6(20)11(13(24)18-8(5-27)14(25)26)19-12(23)7(2-3-9(16)21)17-10(22)4-15/h6-8,11,20,27H,2-5,15H2,1H3,(H2,16,21)(H,17,22)(H,18,24)(H,19,23)(H,25,26). The molecule has 154 valence electrons. The van der Waals surface area contributed by atoms with Gasteiger partial charge in [0.05, 0.1) is 12.6 Å². The average Bonchev–Trinajstić information content (AvgIpc) is 2.59. The number of aliphatic carboxylic acids is 1. The second kappa shape index (κ2) is 12.1. The number of primary amides is 1. The number of hydrogen-bond acceptors (Lipinski definition) is 8. The molecule has 4 amide bonds. The highest BCUT2D eigenvalue weighted by molar-refractivity contribution is 7.80. The van der Waals surface area contributed by atoms with Crippen LogP contribution < -0.4 is 27.4 Å². The van der Waals surface area contributed by atoms with Crippen molar-refractivity contribution in [2.24, 2.45) is 11.5 Å². The summed E-state index contributed by atoms with van der Waals surface area (Å²) >= 11 is 3.80. The van der Waals surface area contributed by atoms with Gasteiger partial charge in [-0.2, -0.15) is 12.6 Å². The van der Waals surface area contributed by atoms with E-state index in [4.69, 9.17) is 16.6 Å². The molecular formula is C14H25N5O7S. The van der Waals surface area contributed by atoms with Crippen LogP contribution in [0.4, 0.5) is 0 Å².